The molecule has 0 amide bonds. The lowest BCUT2D eigenvalue weighted by Crippen LogP contribution is -1.97. The quantitative estimate of drug-likeness (QED) is 0.483. The van der Waals surface area contributed by atoms with Gasteiger partial charge in [-0.1, -0.05) is 0 Å². The lowest BCUT2D eigenvalue weighted by Gasteiger charge is -1.79. The normalized spacial score (nSPS) is 21.2. The maximum absolute atomic E-state index is 9.84. The molecule has 0 radical (unpaired) electrons. The maximum Gasteiger partial charge on any atom is 0.264 e. The van der Waals surface area contributed by atoms with Crippen molar-refractivity contribution in [3.63, 3.8) is 0 Å². The Kier molecular flexibility index (Phi) is 0.597. The van der Waals surface area contributed by atoms with Gasteiger partial charge in [-0.2, -0.15) is 8.42 Å². The van der Waals surface area contributed by atoms with E-state index in [4.69, 9.17) is 8.67 Å². The first-order valence-corrected chi connectivity index (χ1v) is 2.77. The van der Waals surface area contributed by atoms with Crippen LogP contribution in [-0.2, 0) is 10.1 Å². The van der Waals surface area contributed by atoms with Gasteiger partial charge in [-0.05, 0) is 6.85 Å². The fourth-order valence-electron chi connectivity index (χ4n) is 0. The predicted molar refractivity (Wildman–Crippen MR) is 22.1 cm³/mol. The largest absolute Gasteiger partial charge is 0.286 e. The third kappa shape index (κ3) is 3.91. The van der Waals surface area contributed by atoms with Gasteiger partial charge in [0.1, 0.15) is 0 Å². The summed E-state index contributed by atoms with van der Waals surface area (Å²) in [4.78, 5) is 0. The van der Waals surface area contributed by atoms with Gasteiger partial charge in [-0.25, -0.2) is 0 Å². The van der Waals surface area contributed by atoms with Crippen LogP contribution in [-0.4, -0.2) is 18.7 Å². The Morgan fingerprint density at radius 2 is 2.50 bits per heavy atom. The third-order valence-electron chi connectivity index (χ3n) is 0.182. The summed E-state index contributed by atoms with van der Waals surface area (Å²) in [6, 6.07) is 0. The molecular weight excluding hydrogens is 104 g/mol. The molecule has 0 rings (SSSR count). The van der Waals surface area contributed by atoms with E-state index in [1.807, 2.05) is 0 Å². The smallest absolute Gasteiger partial charge is 0.264 e. The zero-order valence-electron chi connectivity index (χ0n) is 5.88. The standard InChI is InChI=1S/C2H6O3S/c1-2-6(3,4)5/h2H2,1H3,(H,3,4,5)/i1D3. The van der Waals surface area contributed by atoms with Crippen molar-refractivity contribution in [2.45, 2.75) is 6.85 Å². The van der Waals surface area contributed by atoms with Crippen LogP contribution in [0.2, 0.25) is 0 Å². The fourth-order valence-corrected chi connectivity index (χ4v) is 0. The van der Waals surface area contributed by atoms with E-state index in [1.165, 1.54) is 0 Å². The topological polar surface area (TPSA) is 54.4 Å². The summed E-state index contributed by atoms with van der Waals surface area (Å²) in [5, 5.41) is 0. The number of rotatable bonds is 1. The Hall–Kier alpha value is -0.0900. The molecule has 0 fully saturated rings. The van der Waals surface area contributed by atoms with Crippen LogP contribution in [0.4, 0.5) is 0 Å². The third-order valence-corrected chi connectivity index (χ3v) is 0.547. The summed E-state index contributed by atoms with van der Waals surface area (Å²) in [5.74, 6) is -1.18. The molecule has 38 valence electrons. The zero-order chi connectivity index (χ0) is 7.71. The highest BCUT2D eigenvalue weighted by atomic mass is 32.2. The molecule has 1 N–H and O–H groups in total. The molecule has 0 bridgehead atoms. The molecule has 0 saturated carbocycles. The molecule has 0 aromatic carbocycles. The van der Waals surface area contributed by atoms with Gasteiger partial charge in [-0.15, -0.1) is 0 Å². The lowest BCUT2D eigenvalue weighted by molar-refractivity contribution is 0.484. The molecule has 0 aromatic rings. The summed E-state index contributed by atoms with van der Waals surface area (Å²) >= 11 is 0. The van der Waals surface area contributed by atoms with Crippen LogP contribution in [0.15, 0.2) is 0 Å². The summed E-state index contributed by atoms with van der Waals surface area (Å²) in [7, 11) is -4.34. The van der Waals surface area contributed by atoms with Crippen molar-refractivity contribution in [3.05, 3.63) is 0 Å². The van der Waals surface area contributed by atoms with Gasteiger partial charge >= 0.3 is 0 Å². The first-order valence-electron chi connectivity index (χ1n) is 2.66. The highest BCUT2D eigenvalue weighted by Gasteiger charge is 1.93. The zero-order valence-corrected chi connectivity index (χ0v) is 3.70. The van der Waals surface area contributed by atoms with E-state index in [1.54, 1.807) is 0 Å². The van der Waals surface area contributed by atoms with Crippen molar-refractivity contribution < 1.29 is 17.1 Å². The minimum absolute atomic E-state index is 1.18. The van der Waals surface area contributed by atoms with E-state index in [9.17, 15) is 8.42 Å². The molecule has 0 heterocycles. The van der Waals surface area contributed by atoms with Crippen molar-refractivity contribution in [2.24, 2.45) is 0 Å². The second-order valence-corrected chi connectivity index (χ2v) is 2.18. The molecule has 0 atom stereocenters. The SMILES string of the molecule is [2H]C([2H])([2H])CS(=O)(=O)O. The maximum atomic E-state index is 9.84. The molecule has 3 nitrogen and oxygen atoms in total. The van der Waals surface area contributed by atoms with Crippen LogP contribution in [0.1, 0.15) is 11.0 Å². The Morgan fingerprint density at radius 3 is 2.50 bits per heavy atom. The van der Waals surface area contributed by atoms with Crippen LogP contribution in [0.25, 0.3) is 0 Å². The molecule has 0 aliphatic rings. The van der Waals surface area contributed by atoms with Gasteiger partial charge in [0.2, 0.25) is 0 Å². The average molecular weight is 113 g/mol. The first-order chi connectivity index (χ1) is 3.71. The van der Waals surface area contributed by atoms with E-state index in [0.717, 1.165) is 0 Å². The summed E-state index contributed by atoms with van der Waals surface area (Å²) < 4.78 is 46.8. The molecule has 0 aromatic heterocycles. The highest BCUT2D eigenvalue weighted by molar-refractivity contribution is 7.85. The highest BCUT2D eigenvalue weighted by Crippen LogP contribution is 1.74. The lowest BCUT2D eigenvalue weighted by atomic mass is 11.0. The minimum Gasteiger partial charge on any atom is -0.286 e. The van der Waals surface area contributed by atoms with E-state index in [2.05, 4.69) is 0 Å². The average Bonchev–Trinajstić information content (AvgIpc) is 1.14. The second-order valence-electron chi connectivity index (χ2n) is 0.726. The van der Waals surface area contributed by atoms with E-state index < -0.39 is 22.7 Å². The van der Waals surface area contributed by atoms with Gasteiger partial charge in [0, 0.05) is 4.11 Å². The Labute approximate surface area is 40.9 Å². The molecule has 0 spiro atoms. The van der Waals surface area contributed by atoms with E-state index in [-0.39, 0.29) is 0 Å². The van der Waals surface area contributed by atoms with Gasteiger partial charge < -0.3 is 0 Å². The monoisotopic (exact) mass is 113 g/mol. The first kappa shape index (κ1) is 2.28. The van der Waals surface area contributed by atoms with Crippen LogP contribution >= 0.6 is 0 Å². The van der Waals surface area contributed by atoms with Crippen LogP contribution in [0.3, 0.4) is 0 Å². The van der Waals surface area contributed by atoms with Crippen LogP contribution < -0.4 is 0 Å². The summed E-state index contributed by atoms with van der Waals surface area (Å²) in [6.07, 6.45) is 0. The fraction of sp³-hybridized carbons (Fsp3) is 1.00. The van der Waals surface area contributed by atoms with E-state index >= 15 is 0 Å². The summed E-state index contributed by atoms with van der Waals surface area (Å²) in [6.45, 7) is -2.60. The summed E-state index contributed by atoms with van der Waals surface area (Å²) in [5.41, 5.74) is 0. The molecule has 0 unspecified atom stereocenters. The van der Waals surface area contributed by atoms with Crippen molar-refractivity contribution in [2.75, 3.05) is 5.75 Å². The molecule has 0 aliphatic heterocycles. The predicted octanol–water partition coefficient (Wildman–Crippen LogP) is -0.106. The van der Waals surface area contributed by atoms with Gasteiger partial charge in [0.15, 0.2) is 0 Å². The van der Waals surface area contributed by atoms with Gasteiger partial charge in [-0.3, -0.25) is 4.55 Å². The molecular formula is C2H6O3S. The molecule has 0 aliphatic carbocycles. The van der Waals surface area contributed by atoms with E-state index in [0.29, 0.717) is 0 Å². The van der Waals surface area contributed by atoms with Gasteiger partial charge in [0.05, 0.1) is 5.75 Å². The van der Waals surface area contributed by atoms with Crippen LogP contribution in [0, 0.1) is 0 Å². The molecule has 4 heteroatoms. The molecule has 6 heavy (non-hydrogen) atoms. The minimum atomic E-state index is -4.34. The van der Waals surface area contributed by atoms with Crippen molar-refractivity contribution in [3.8, 4) is 0 Å². The molecule has 0 saturated heterocycles. The van der Waals surface area contributed by atoms with Crippen molar-refractivity contribution in [1.82, 2.24) is 0 Å². The Balaban J connectivity index is 4.07. The Bertz CT molecular complexity index is 178. The Morgan fingerprint density at radius 1 is 2.00 bits per heavy atom. The second kappa shape index (κ2) is 1.57. The van der Waals surface area contributed by atoms with Crippen LogP contribution in [0.5, 0.6) is 0 Å². The number of hydrogen-bond acceptors (Lipinski definition) is 2. The van der Waals surface area contributed by atoms with Crippen molar-refractivity contribution in [1.29, 1.82) is 0 Å². The van der Waals surface area contributed by atoms with Gasteiger partial charge in [0.25, 0.3) is 10.1 Å². The van der Waals surface area contributed by atoms with Crippen molar-refractivity contribution >= 4 is 10.1 Å². The number of hydrogen-bond donors (Lipinski definition) is 1.